The minimum absolute atomic E-state index is 0.653. The molecule has 1 aromatic rings. The van der Waals surface area contributed by atoms with Crippen LogP contribution in [-0.4, -0.2) is 34.1 Å². The minimum Gasteiger partial charge on any atom is -0.334 e. The summed E-state index contributed by atoms with van der Waals surface area (Å²) in [5.74, 6) is 0.679. The van der Waals surface area contributed by atoms with Crippen LogP contribution in [0, 0.1) is 5.92 Å². The Hall–Kier alpha value is -0.870. The molecule has 0 bridgehead atoms. The fourth-order valence-corrected chi connectivity index (χ4v) is 3.01. The van der Waals surface area contributed by atoms with Gasteiger partial charge < -0.3 is 10.3 Å². The first-order chi connectivity index (χ1) is 8.26. The smallest absolute Gasteiger partial charge is 0.0948 e. The van der Waals surface area contributed by atoms with Gasteiger partial charge in [0.1, 0.15) is 0 Å². The van der Waals surface area contributed by atoms with Gasteiger partial charge in [-0.2, -0.15) is 0 Å². The number of rotatable bonds is 5. The van der Waals surface area contributed by atoms with E-state index in [0.717, 1.165) is 19.6 Å². The van der Waals surface area contributed by atoms with Gasteiger partial charge >= 0.3 is 0 Å². The van der Waals surface area contributed by atoms with Gasteiger partial charge in [0.05, 0.1) is 12.0 Å². The second-order valence-electron chi connectivity index (χ2n) is 5.08. The van der Waals surface area contributed by atoms with Crippen LogP contribution in [0.15, 0.2) is 12.5 Å². The van der Waals surface area contributed by atoms with E-state index in [4.69, 9.17) is 5.73 Å². The summed E-state index contributed by atoms with van der Waals surface area (Å²) in [4.78, 5) is 6.68. The van der Waals surface area contributed by atoms with Crippen molar-refractivity contribution < 1.29 is 0 Å². The Morgan fingerprint density at radius 1 is 1.53 bits per heavy atom. The molecule has 96 valence electrons. The number of hydrogen-bond donors (Lipinski definition) is 1. The summed E-state index contributed by atoms with van der Waals surface area (Å²) < 4.78 is 2.21. The highest BCUT2D eigenvalue weighted by Gasteiger charge is 2.29. The van der Waals surface area contributed by atoms with E-state index in [1.54, 1.807) is 0 Å². The molecule has 0 saturated heterocycles. The van der Waals surface area contributed by atoms with Crippen molar-refractivity contribution in [1.82, 2.24) is 14.5 Å². The fraction of sp³-hybridized carbons (Fsp3) is 0.769. The molecule has 0 spiro atoms. The minimum atomic E-state index is 0.653. The van der Waals surface area contributed by atoms with E-state index in [1.165, 1.54) is 25.0 Å². The van der Waals surface area contributed by atoms with E-state index in [2.05, 4.69) is 28.4 Å². The Bertz CT molecular complexity index is 347. The Kier molecular flexibility index (Phi) is 4.18. The van der Waals surface area contributed by atoms with Crippen molar-refractivity contribution in [2.45, 2.75) is 45.3 Å². The molecular weight excluding hydrogens is 212 g/mol. The van der Waals surface area contributed by atoms with E-state index in [1.807, 2.05) is 12.5 Å². The molecule has 1 aliphatic carbocycles. The average molecular weight is 236 g/mol. The lowest BCUT2D eigenvalue weighted by atomic mass is 10.0. The first-order valence-corrected chi connectivity index (χ1v) is 6.65. The topological polar surface area (TPSA) is 47.1 Å². The summed E-state index contributed by atoms with van der Waals surface area (Å²) in [5, 5.41) is 0. The lowest BCUT2D eigenvalue weighted by Crippen LogP contribution is -2.37. The van der Waals surface area contributed by atoms with E-state index in [0.29, 0.717) is 12.0 Å². The van der Waals surface area contributed by atoms with Crippen LogP contribution in [0.4, 0.5) is 0 Å². The molecular formula is C13H24N4. The summed E-state index contributed by atoms with van der Waals surface area (Å²) in [6.07, 6.45) is 7.80. The molecule has 0 aliphatic heterocycles. The lowest BCUT2D eigenvalue weighted by molar-refractivity contribution is 0.189. The Labute approximate surface area is 104 Å². The van der Waals surface area contributed by atoms with Gasteiger partial charge in [0.15, 0.2) is 0 Å². The lowest BCUT2D eigenvalue weighted by Gasteiger charge is -2.29. The van der Waals surface area contributed by atoms with Crippen molar-refractivity contribution >= 4 is 0 Å². The van der Waals surface area contributed by atoms with E-state index in [-0.39, 0.29) is 0 Å². The highest BCUT2D eigenvalue weighted by molar-refractivity contribution is 4.99. The predicted octanol–water partition coefficient (Wildman–Crippen LogP) is 1.46. The van der Waals surface area contributed by atoms with Crippen LogP contribution in [-0.2, 0) is 13.1 Å². The van der Waals surface area contributed by atoms with Crippen molar-refractivity contribution in [2.75, 3.05) is 13.6 Å². The Morgan fingerprint density at radius 3 is 3.06 bits per heavy atom. The van der Waals surface area contributed by atoms with Crippen molar-refractivity contribution in [2.24, 2.45) is 11.7 Å². The first-order valence-electron chi connectivity index (χ1n) is 6.65. The Balaban J connectivity index is 1.99. The molecule has 4 nitrogen and oxygen atoms in total. The molecule has 2 N–H and O–H groups in total. The van der Waals surface area contributed by atoms with E-state index >= 15 is 0 Å². The first kappa shape index (κ1) is 12.6. The number of aromatic nitrogens is 2. The molecule has 0 aromatic carbocycles. The van der Waals surface area contributed by atoms with Crippen molar-refractivity contribution in [1.29, 1.82) is 0 Å². The molecule has 17 heavy (non-hydrogen) atoms. The highest BCUT2D eigenvalue weighted by Crippen LogP contribution is 2.29. The normalized spacial score (nSPS) is 24.7. The maximum Gasteiger partial charge on any atom is 0.0948 e. The van der Waals surface area contributed by atoms with Gasteiger partial charge in [-0.15, -0.1) is 0 Å². The van der Waals surface area contributed by atoms with Crippen LogP contribution in [0.2, 0.25) is 0 Å². The molecule has 0 amide bonds. The third-order valence-electron chi connectivity index (χ3n) is 4.04. The largest absolute Gasteiger partial charge is 0.334 e. The summed E-state index contributed by atoms with van der Waals surface area (Å²) in [5.41, 5.74) is 7.15. The molecule has 1 saturated carbocycles. The summed E-state index contributed by atoms with van der Waals surface area (Å²) in [7, 11) is 2.21. The van der Waals surface area contributed by atoms with Crippen molar-refractivity contribution in [3.63, 3.8) is 0 Å². The van der Waals surface area contributed by atoms with Crippen molar-refractivity contribution in [3.8, 4) is 0 Å². The standard InChI is InChI=1S/C13H24N4/c1-3-17-10-15-8-12(17)9-16(2)13-6-4-5-11(13)7-14/h8,10-11,13H,3-7,9,14H2,1-2H3. The second kappa shape index (κ2) is 5.65. The third kappa shape index (κ3) is 2.69. The molecule has 1 aliphatic rings. The number of imidazole rings is 1. The highest BCUT2D eigenvalue weighted by atomic mass is 15.2. The molecule has 2 atom stereocenters. The van der Waals surface area contributed by atoms with Gasteiger partial charge in [-0.05, 0) is 39.3 Å². The molecule has 1 aromatic heterocycles. The second-order valence-corrected chi connectivity index (χ2v) is 5.08. The number of aryl methyl sites for hydroxylation is 1. The number of nitrogens with zero attached hydrogens (tertiary/aromatic N) is 3. The molecule has 2 rings (SSSR count). The molecule has 1 fully saturated rings. The third-order valence-corrected chi connectivity index (χ3v) is 4.04. The van der Waals surface area contributed by atoms with Gasteiger partial charge in [0, 0.05) is 25.3 Å². The summed E-state index contributed by atoms with van der Waals surface area (Å²) in [6, 6.07) is 0.653. The van der Waals surface area contributed by atoms with E-state index < -0.39 is 0 Å². The quantitative estimate of drug-likeness (QED) is 0.842. The molecule has 4 heteroatoms. The maximum atomic E-state index is 5.85. The zero-order chi connectivity index (χ0) is 12.3. The van der Waals surface area contributed by atoms with Gasteiger partial charge in [0.2, 0.25) is 0 Å². The summed E-state index contributed by atoms with van der Waals surface area (Å²) in [6.45, 7) is 4.95. The molecule has 1 heterocycles. The van der Waals surface area contributed by atoms with Gasteiger partial charge in [-0.25, -0.2) is 4.98 Å². The van der Waals surface area contributed by atoms with Gasteiger partial charge in [-0.3, -0.25) is 4.90 Å². The zero-order valence-electron chi connectivity index (χ0n) is 11.0. The van der Waals surface area contributed by atoms with Gasteiger partial charge in [-0.1, -0.05) is 6.42 Å². The van der Waals surface area contributed by atoms with Gasteiger partial charge in [0.25, 0.3) is 0 Å². The van der Waals surface area contributed by atoms with Crippen LogP contribution in [0.5, 0.6) is 0 Å². The molecule has 2 unspecified atom stereocenters. The molecule has 0 radical (unpaired) electrons. The monoisotopic (exact) mass is 236 g/mol. The van der Waals surface area contributed by atoms with Crippen LogP contribution in [0.3, 0.4) is 0 Å². The fourth-order valence-electron chi connectivity index (χ4n) is 3.01. The SMILES string of the molecule is CCn1cncc1CN(C)C1CCCC1CN. The zero-order valence-corrected chi connectivity index (χ0v) is 11.0. The number of hydrogen-bond acceptors (Lipinski definition) is 3. The predicted molar refractivity (Wildman–Crippen MR) is 69.6 cm³/mol. The maximum absolute atomic E-state index is 5.85. The van der Waals surface area contributed by atoms with E-state index in [9.17, 15) is 0 Å². The van der Waals surface area contributed by atoms with Crippen LogP contribution < -0.4 is 5.73 Å². The Morgan fingerprint density at radius 2 is 2.35 bits per heavy atom. The van der Waals surface area contributed by atoms with Crippen LogP contribution in [0.1, 0.15) is 31.9 Å². The average Bonchev–Trinajstić information content (AvgIpc) is 2.96. The number of nitrogens with two attached hydrogens (primary N) is 1. The van der Waals surface area contributed by atoms with Crippen LogP contribution >= 0.6 is 0 Å². The van der Waals surface area contributed by atoms with Crippen LogP contribution in [0.25, 0.3) is 0 Å². The summed E-state index contributed by atoms with van der Waals surface area (Å²) >= 11 is 0. The van der Waals surface area contributed by atoms with Crippen molar-refractivity contribution in [3.05, 3.63) is 18.2 Å².